The van der Waals surface area contributed by atoms with Gasteiger partial charge < -0.3 is 24.2 Å². The number of nitrogens with zero attached hydrogens (tertiary/aromatic N) is 2. The number of morpholine rings is 1. The highest BCUT2D eigenvalue weighted by Gasteiger charge is 2.46. The summed E-state index contributed by atoms with van der Waals surface area (Å²) >= 11 is 0. The summed E-state index contributed by atoms with van der Waals surface area (Å²) < 4.78 is 30.1. The Morgan fingerprint density at radius 1 is 1.03 bits per heavy atom. The first-order chi connectivity index (χ1) is 16.0. The lowest BCUT2D eigenvalue weighted by atomic mass is 9.95. The van der Waals surface area contributed by atoms with Gasteiger partial charge in [-0.2, -0.15) is 0 Å². The van der Waals surface area contributed by atoms with Gasteiger partial charge in [0.25, 0.3) is 11.7 Å². The summed E-state index contributed by atoms with van der Waals surface area (Å²) in [4.78, 5) is 29.7. The van der Waals surface area contributed by atoms with E-state index in [1.165, 1.54) is 23.1 Å². The Labute approximate surface area is 189 Å². The van der Waals surface area contributed by atoms with Gasteiger partial charge in [0.15, 0.2) is 11.5 Å². The van der Waals surface area contributed by atoms with Crippen molar-refractivity contribution in [2.24, 2.45) is 0 Å². The van der Waals surface area contributed by atoms with Crippen LogP contribution in [0.4, 0.5) is 4.39 Å². The minimum atomic E-state index is -0.910. The number of hydrogen-bond acceptors (Lipinski definition) is 7. The summed E-state index contributed by atoms with van der Waals surface area (Å²) in [7, 11) is 0. The standard InChI is InChI=1S/C24H23FN2O6/c25-17-3-1-2-15(12-17)21-20(22(28)16-4-5-18-19(13-16)33-14-32-18)23(29)24(30)27(21)7-6-26-8-10-31-11-9-26/h1-5,12-13,21,28H,6-11,14H2/b22-20+. The summed E-state index contributed by atoms with van der Waals surface area (Å²) in [5.74, 6) is -1.40. The molecule has 33 heavy (non-hydrogen) atoms. The molecule has 0 aliphatic carbocycles. The van der Waals surface area contributed by atoms with Crippen molar-refractivity contribution >= 4 is 17.4 Å². The SMILES string of the molecule is O=C1C(=O)N(CCN2CCOCC2)C(c2cccc(F)c2)/C1=C(\O)c1ccc2c(c1)OCO2. The Morgan fingerprint density at radius 3 is 2.61 bits per heavy atom. The zero-order chi connectivity index (χ0) is 22.9. The highest BCUT2D eigenvalue weighted by atomic mass is 19.1. The minimum absolute atomic E-state index is 0.0643. The summed E-state index contributed by atoms with van der Waals surface area (Å²) in [5, 5.41) is 11.1. The van der Waals surface area contributed by atoms with Gasteiger partial charge in [0, 0.05) is 31.7 Å². The van der Waals surface area contributed by atoms with Crippen molar-refractivity contribution in [1.29, 1.82) is 0 Å². The molecule has 0 spiro atoms. The number of halogens is 1. The minimum Gasteiger partial charge on any atom is -0.507 e. The number of Topliss-reactive ketones (excluding diaryl/α,β-unsaturated/α-hetero) is 1. The smallest absolute Gasteiger partial charge is 0.295 e. The van der Waals surface area contributed by atoms with E-state index in [4.69, 9.17) is 14.2 Å². The van der Waals surface area contributed by atoms with Crippen molar-refractivity contribution in [2.75, 3.05) is 46.2 Å². The molecule has 8 nitrogen and oxygen atoms in total. The van der Waals surface area contributed by atoms with Gasteiger partial charge in [-0.05, 0) is 35.9 Å². The molecule has 2 saturated heterocycles. The van der Waals surface area contributed by atoms with Crippen molar-refractivity contribution in [3.8, 4) is 11.5 Å². The molecule has 1 N–H and O–H groups in total. The van der Waals surface area contributed by atoms with E-state index in [1.54, 1.807) is 24.3 Å². The Morgan fingerprint density at radius 2 is 1.82 bits per heavy atom. The maximum absolute atomic E-state index is 14.1. The van der Waals surface area contributed by atoms with Gasteiger partial charge in [-0.1, -0.05) is 12.1 Å². The van der Waals surface area contributed by atoms with E-state index >= 15 is 0 Å². The van der Waals surface area contributed by atoms with Crippen LogP contribution in [0.2, 0.25) is 0 Å². The monoisotopic (exact) mass is 454 g/mol. The number of ketones is 1. The highest BCUT2D eigenvalue weighted by Crippen LogP contribution is 2.41. The number of likely N-dealkylation sites (tertiary alicyclic amines) is 1. The van der Waals surface area contributed by atoms with Crippen LogP contribution < -0.4 is 9.47 Å². The molecule has 0 bridgehead atoms. The van der Waals surface area contributed by atoms with Crippen LogP contribution in [0, 0.1) is 5.82 Å². The van der Waals surface area contributed by atoms with Crippen molar-refractivity contribution < 1.29 is 33.3 Å². The molecule has 9 heteroatoms. The first-order valence-corrected chi connectivity index (χ1v) is 10.8. The lowest BCUT2D eigenvalue weighted by Crippen LogP contribution is -2.42. The van der Waals surface area contributed by atoms with Crippen molar-refractivity contribution in [3.63, 3.8) is 0 Å². The second-order valence-corrected chi connectivity index (χ2v) is 8.07. The summed E-state index contributed by atoms with van der Waals surface area (Å²) in [6.45, 7) is 3.52. The van der Waals surface area contributed by atoms with Crippen LogP contribution in [-0.4, -0.2) is 72.8 Å². The van der Waals surface area contributed by atoms with E-state index < -0.39 is 23.5 Å². The molecule has 1 atom stereocenters. The summed E-state index contributed by atoms with van der Waals surface area (Å²) in [6, 6.07) is 9.61. The van der Waals surface area contributed by atoms with E-state index in [1.807, 2.05) is 0 Å². The second kappa shape index (κ2) is 8.84. The van der Waals surface area contributed by atoms with Crippen LogP contribution in [0.15, 0.2) is 48.0 Å². The van der Waals surface area contributed by atoms with Crippen LogP contribution in [-0.2, 0) is 14.3 Å². The zero-order valence-electron chi connectivity index (χ0n) is 17.8. The fourth-order valence-corrected chi connectivity index (χ4v) is 4.41. The molecule has 2 aromatic rings. The lowest BCUT2D eigenvalue weighted by molar-refractivity contribution is -0.140. The number of carbonyl (C=O) groups is 2. The number of rotatable bonds is 5. The number of hydrogen-bond donors (Lipinski definition) is 1. The Bertz CT molecular complexity index is 1130. The largest absolute Gasteiger partial charge is 0.507 e. The molecular weight excluding hydrogens is 431 g/mol. The van der Waals surface area contributed by atoms with E-state index in [-0.39, 0.29) is 24.7 Å². The molecule has 2 fully saturated rings. The summed E-state index contributed by atoms with van der Waals surface area (Å²) in [5.41, 5.74) is 0.650. The topological polar surface area (TPSA) is 88.5 Å². The van der Waals surface area contributed by atoms with Crippen molar-refractivity contribution in [3.05, 3.63) is 65.0 Å². The number of fused-ring (bicyclic) bond motifs is 1. The number of aliphatic hydroxyl groups excluding tert-OH is 1. The first kappa shape index (κ1) is 21.4. The van der Waals surface area contributed by atoms with Crippen molar-refractivity contribution in [1.82, 2.24) is 9.80 Å². The second-order valence-electron chi connectivity index (χ2n) is 8.07. The van der Waals surface area contributed by atoms with E-state index in [9.17, 15) is 19.1 Å². The van der Waals surface area contributed by atoms with Gasteiger partial charge in [-0.15, -0.1) is 0 Å². The normalized spacial score (nSPS) is 22.2. The lowest BCUT2D eigenvalue weighted by Gasteiger charge is -2.31. The van der Waals surface area contributed by atoms with Crippen LogP contribution >= 0.6 is 0 Å². The van der Waals surface area contributed by atoms with Gasteiger partial charge in [-0.3, -0.25) is 14.5 Å². The Hall–Kier alpha value is -3.43. The predicted octanol–water partition coefficient (Wildman–Crippen LogP) is 2.31. The first-order valence-electron chi connectivity index (χ1n) is 10.8. The van der Waals surface area contributed by atoms with Gasteiger partial charge in [0.2, 0.25) is 6.79 Å². The van der Waals surface area contributed by atoms with Gasteiger partial charge >= 0.3 is 0 Å². The molecule has 0 aromatic heterocycles. The zero-order valence-corrected chi connectivity index (χ0v) is 17.8. The third kappa shape index (κ3) is 4.05. The van der Waals surface area contributed by atoms with Crippen LogP contribution in [0.25, 0.3) is 5.76 Å². The van der Waals surface area contributed by atoms with E-state index in [0.29, 0.717) is 42.4 Å². The maximum atomic E-state index is 14.1. The van der Waals surface area contributed by atoms with Gasteiger partial charge in [0.1, 0.15) is 11.6 Å². The molecular formula is C24H23FN2O6. The van der Waals surface area contributed by atoms with Crippen LogP contribution in [0.3, 0.4) is 0 Å². The predicted molar refractivity (Wildman–Crippen MR) is 115 cm³/mol. The third-order valence-corrected chi connectivity index (χ3v) is 6.11. The van der Waals surface area contributed by atoms with Gasteiger partial charge in [0.05, 0.1) is 24.8 Å². The van der Waals surface area contributed by atoms with Crippen molar-refractivity contribution in [2.45, 2.75) is 6.04 Å². The number of benzene rings is 2. The molecule has 2 aromatic carbocycles. The molecule has 3 aliphatic rings. The van der Waals surface area contributed by atoms with Gasteiger partial charge in [-0.25, -0.2) is 4.39 Å². The molecule has 5 rings (SSSR count). The molecule has 3 heterocycles. The highest BCUT2D eigenvalue weighted by molar-refractivity contribution is 6.46. The fourth-order valence-electron chi connectivity index (χ4n) is 4.41. The molecule has 3 aliphatic heterocycles. The Kier molecular flexibility index (Phi) is 5.74. The molecule has 0 saturated carbocycles. The molecule has 1 unspecified atom stereocenters. The number of ether oxygens (including phenoxy) is 3. The molecule has 172 valence electrons. The van der Waals surface area contributed by atoms with E-state index in [2.05, 4.69) is 4.90 Å². The number of carbonyl (C=O) groups excluding carboxylic acids is 2. The number of aliphatic hydroxyl groups is 1. The fraction of sp³-hybridized carbons (Fsp3) is 0.333. The molecule has 0 radical (unpaired) electrons. The average molecular weight is 454 g/mol. The molecule has 1 amide bonds. The van der Waals surface area contributed by atoms with Crippen LogP contribution in [0.1, 0.15) is 17.2 Å². The van der Waals surface area contributed by atoms with E-state index in [0.717, 1.165) is 13.1 Å². The third-order valence-electron chi connectivity index (χ3n) is 6.11. The Balaban J connectivity index is 1.54. The summed E-state index contributed by atoms with van der Waals surface area (Å²) in [6.07, 6.45) is 0. The van der Waals surface area contributed by atoms with Crippen LogP contribution in [0.5, 0.6) is 11.5 Å². The quantitative estimate of drug-likeness (QED) is 0.421. The maximum Gasteiger partial charge on any atom is 0.295 e. The number of amides is 1. The average Bonchev–Trinajstić information content (AvgIpc) is 3.40.